The van der Waals surface area contributed by atoms with Crippen LogP contribution in [0, 0.1) is 0 Å². The Labute approximate surface area is 165 Å². The SMILES string of the molecule is C=C1c2cn(-c3cnc(N4CCCC4)cn3)nc2CN1c1cnn(C)c1.CC. The quantitative estimate of drug-likeness (QED) is 0.698. The first-order chi connectivity index (χ1) is 13.7. The van der Waals surface area contributed by atoms with Crippen LogP contribution in [0.15, 0.2) is 37.6 Å². The zero-order chi connectivity index (χ0) is 19.7. The second-order valence-corrected chi connectivity index (χ2v) is 6.77. The number of anilines is 2. The van der Waals surface area contributed by atoms with Crippen molar-refractivity contribution in [1.29, 1.82) is 0 Å². The van der Waals surface area contributed by atoms with Crippen LogP contribution in [0.1, 0.15) is 37.9 Å². The van der Waals surface area contributed by atoms with Crippen LogP contribution >= 0.6 is 0 Å². The second-order valence-electron chi connectivity index (χ2n) is 6.77. The third kappa shape index (κ3) is 3.15. The number of aromatic nitrogens is 6. The number of rotatable bonds is 3. The van der Waals surface area contributed by atoms with Crippen LogP contribution in [0.25, 0.3) is 11.5 Å². The van der Waals surface area contributed by atoms with Gasteiger partial charge in [-0.3, -0.25) is 4.68 Å². The van der Waals surface area contributed by atoms with Gasteiger partial charge in [0.25, 0.3) is 0 Å². The Bertz CT molecular complexity index is 963. The molecule has 0 saturated carbocycles. The molecule has 0 atom stereocenters. The van der Waals surface area contributed by atoms with E-state index in [1.165, 1.54) is 12.8 Å². The van der Waals surface area contributed by atoms with E-state index in [9.17, 15) is 0 Å². The number of aryl methyl sites for hydroxylation is 1. The van der Waals surface area contributed by atoms with E-state index in [-0.39, 0.29) is 0 Å². The van der Waals surface area contributed by atoms with Gasteiger partial charge in [-0.25, -0.2) is 14.6 Å². The second kappa shape index (κ2) is 7.46. The minimum Gasteiger partial charge on any atom is -0.355 e. The summed E-state index contributed by atoms with van der Waals surface area (Å²) in [5, 5.41) is 8.93. The lowest BCUT2D eigenvalue weighted by molar-refractivity contribution is 0.767. The van der Waals surface area contributed by atoms with E-state index in [0.29, 0.717) is 6.54 Å². The van der Waals surface area contributed by atoms with Crippen molar-refractivity contribution in [2.75, 3.05) is 22.9 Å². The Morgan fingerprint density at radius 3 is 2.29 bits per heavy atom. The fourth-order valence-electron chi connectivity index (χ4n) is 3.61. The zero-order valence-electron chi connectivity index (χ0n) is 16.7. The van der Waals surface area contributed by atoms with Gasteiger partial charge in [0.15, 0.2) is 5.82 Å². The van der Waals surface area contributed by atoms with Gasteiger partial charge in [-0.2, -0.15) is 10.2 Å². The summed E-state index contributed by atoms with van der Waals surface area (Å²) >= 11 is 0. The Kier molecular flexibility index (Phi) is 4.85. The normalized spacial score (nSPS) is 15.6. The van der Waals surface area contributed by atoms with E-state index in [0.717, 1.165) is 47.4 Å². The monoisotopic (exact) mass is 378 g/mol. The molecule has 3 aromatic rings. The highest BCUT2D eigenvalue weighted by atomic mass is 15.4. The Balaban J connectivity index is 0.000000932. The summed E-state index contributed by atoms with van der Waals surface area (Å²) < 4.78 is 3.58. The van der Waals surface area contributed by atoms with Crippen LogP contribution in [0.4, 0.5) is 11.5 Å². The van der Waals surface area contributed by atoms with E-state index < -0.39 is 0 Å². The van der Waals surface area contributed by atoms with Crippen LogP contribution in [-0.2, 0) is 13.6 Å². The van der Waals surface area contributed by atoms with Crippen molar-refractivity contribution in [1.82, 2.24) is 29.5 Å². The molecule has 5 rings (SSSR count). The molecule has 5 heterocycles. The van der Waals surface area contributed by atoms with E-state index in [4.69, 9.17) is 5.10 Å². The molecule has 0 amide bonds. The average molecular weight is 378 g/mol. The topological polar surface area (TPSA) is 67.9 Å². The molecule has 1 fully saturated rings. The first-order valence-corrected chi connectivity index (χ1v) is 9.80. The van der Waals surface area contributed by atoms with Crippen molar-refractivity contribution < 1.29 is 0 Å². The Morgan fingerprint density at radius 1 is 0.964 bits per heavy atom. The van der Waals surface area contributed by atoms with Gasteiger partial charge < -0.3 is 9.80 Å². The van der Waals surface area contributed by atoms with E-state index in [2.05, 4.69) is 31.4 Å². The van der Waals surface area contributed by atoms with Crippen molar-refractivity contribution >= 4 is 17.2 Å². The van der Waals surface area contributed by atoms with Crippen LogP contribution in [0.3, 0.4) is 0 Å². The van der Waals surface area contributed by atoms with Gasteiger partial charge in [-0.05, 0) is 12.8 Å². The van der Waals surface area contributed by atoms with E-state index in [1.54, 1.807) is 15.6 Å². The minimum absolute atomic E-state index is 0.687. The molecule has 3 aromatic heterocycles. The van der Waals surface area contributed by atoms with Crippen molar-refractivity contribution in [2.45, 2.75) is 33.2 Å². The summed E-state index contributed by atoms with van der Waals surface area (Å²) in [6, 6.07) is 0. The lowest BCUT2D eigenvalue weighted by atomic mass is 10.2. The third-order valence-electron chi connectivity index (χ3n) is 5.03. The molecular weight excluding hydrogens is 352 g/mol. The van der Waals surface area contributed by atoms with Crippen LogP contribution in [-0.4, -0.2) is 42.6 Å². The molecule has 0 spiro atoms. The Morgan fingerprint density at radius 2 is 1.68 bits per heavy atom. The first kappa shape index (κ1) is 18.2. The first-order valence-electron chi connectivity index (χ1n) is 9.80. The molecule has 0 aromatic carbocycles. The van der Waals surface area contributed by atoms with Crippen molar-refractivity contribution in [3.05, 3.63) is 48.8 Å². The molecule has 8 nitrogen and oxygen atoms in total. The van der Waals surface area contributed by atoms with Gasteiger partial charge >= 0.3 is 0 Å². The van der Waals surface area contributed by atoms with Crippen molar-refractivity contribution in [3.63, 3.8) is 0 Å². The van der Waals surface area contributed by atoms with Gasteiger partial charge in [0.05, 0.1) is 36.5 Å². The fourth-order valence-corrected chi connectivity index (χ4v) is 3.61. The van der Waals surface area contributed by atoms with Gasteiger partial charge in [0.2, 0.25) is 0 Å². The lowest BCUT2D eigenvalue weighted by Crippen LogP contribution is -2.19. The number of nitrogens with zero attached hydrogens (tertiary/aromatic N) is 8. The molecule has 0 aliphatic carbocycles. The summed E-state index contributed by atoms with van der Waals surface area (Å²) in [5.74, 6) is 1.67. The lowest BCUT2D eigenvalue weighted by Gasteiger charge is -2.17. The van der Waals surface area contributed by atoms with Gasteiger partial charge in [-0.1, -0.05) is 20.4 Å². The van der Waals surface area contributed by atoms with Gasteiger partial charge in [0, 0.05) is 43.8 Å². The van der Waals surface area contributed by atoms with Crippen molar-refractivity contribution in [3.8, 4) is 5.82 Å². The van der Waals surface area contributed by atoms with E-state index >= 15 is 0 Å². The van der Waals surface area contributed by atoms with E-state index in [1.807, 2.05) is 45.7 Å². The minimum atomic E-state index is 0.687. The van der Waals surface area contributed by atoms with Crippen LogP contribution in [0.5, 0.6) is 0 Å². The highest BCUT2D eigenvalue weighted by molar-refractivity contribution is 5.82. The molecule has 0 bridgehead atoms. The molecule has 28 heavy (non-hydrogen) atoms. The molecule has 2 aliphatic heterocycles. The molecule has 0 radical (unpaired) electrons. The summed E-state index contributed by atoms with van der Waals surface area (Å²) in [5.41, 5.74) is 3.99. The predicted octanol–water partition coefficient (Wildman–Crippen LogP) is 3.01. The fraction of sp³-hybridized carbons (Fsp3) is 0.400. The summed E-state index contributed by atoms with van der Waals surface area (Å²) in [6.07, 6.45) is 11.9. The highest BCUT2D eigenvalue weighted by Gasteiger charge is 2.28. The van der Waals surface area contributed by atoms with Gasteiger partial charge in [-0.15, -0.1) is 0 Å². The average Bonchev–Trinajstić information content (AvgIpc) is 3.50. The molecule has 0 unspecified atom stereocenters. The smallest absolute Gasteiger partial charge is 0.171 e. The van der Waals surface area contributed by atoms with Gasteiger partial charge in [0.1, 0.15) is 5.82 Å². The molecule has 0 N–H and O–H groups in total. The van der Waals surface area contributed by atoms with Crippen LogP contribution in [0.2, 0.25) is 0 Å². The summed E-state index contributed by atoms with van der Waals surface area (Å²) in [4.78, 5) is 13.5. The largest absolute Gasteiger partial charge is 0.355 e. The Hall–Kier alpha value is -3.16. The number of fused-ring (bicyclic) bond motifs is 1. The van der Waals surface area contributed by atoms with Crippen LogP contribution < -0.4 is 9.80 Å². The zero-order valence-corrected chi connectivity index (χ0v) is 16.7. The predicted molar refractivity (Wildman–Crippen MR) is 110 cm³/mol. The number of hydrogen-bond acceptors (Lipinski definition) is 6. The maximum atomic E-state index is 4.69. The summed E-state index contributed by atoms with van der Waals surface area (Å²) in [7, 11) is 1.91. The molecule has 146 valence electrons. The highest BCUT2D eigenvalue weighted by Crippen LogP contribution is 2.35. The maximum Gasteiger partial charge on any atom is 0.171 e. The molecule has 1 saturated heterocycles. The molecule has 2 aliphatic rings. The van der Waals surface area contributed by atoms with Crippen molar-refractivity contribution in [2.24, 2.45) is 7.05 Å². The molecule has 8 heteroatoms. The molecular formula is C20H26N8. The standard InChI is InChI=1S/C18H20N8.C2H6/c1-13-15-11-26(18-9-19-17(8-20-18)24-5-3-4-6-24)22-16(15)12-25(13)14-7-21-23(2)10-14;1-2/h7-11H,1,3-6,12H2,2H3;1-2H3. The third-order valence-corrected chi connectivity index (χ3v) is 5.03. The number of hydrogen-bond donors (Lipinski definition) is 0. The summed E-state index contributed by atoms with van der Waals surface area (Å²) in [6.45, 7) is 11.0. The maximum absolute atomic E-state index is 4.69.